The molecule has 5 heteroatoms. The number of nitrogens with zero attached hydrogens (tertiary/aromatic N) is 2. The molecule has 0 aliphatic heterocycles. The molecule has 2 atom stereocenters. The minimum atomic E-state index is -0.0619. The van der Waals surface area contributed by atoms with Crippen LogP contribution in [0.5, 0.6) is 0 Å². The SMILES string of the molecule is Cc1nn(C)cc1C(=O)NC1CCCCC1Cl. The maximum absolute atomic E-state index is 12.1. The first-order valence-electron chi connectivity index (χ1n) is 6.03. The third-order valence-electron chi connectivity index (χ3n) is 3.26. The molecule has 1 saturated carbocycles. The number of rotatable bonds is 2. The molecule has 4 nitrogen and oxygen atoms in total. The van der Waals surface area contributed by atoms with Gasteiger partial charge in [-0.2, -0.15) is 5.10 Å². The maximum atomic E-state index is 12.1. The summed E-state index contributed by atoms with van der Waals surface area (Å²) in [7, 11) is 1.81. The highest BCUT2D eigenvalue weighted by molar-refractivity contribution is 6.21. The van der Waals surface area contributed by atoms with Gasteiger partial charge in [-0.25, -0.2) is 0 Å². The van der Waals surface area contributed by atoms with Crippen LogP contribution >= 0.6 is 11.6 Å². The van der Waals surface area contributed by atoms with E-state index in [9.17, 15) is 4.79 Å². The van der Waals surface area contributed by atoms with Crippen LogP contribution < -0.4 is 5.32 Å². The molecule has 0 spiro atoms. The number of hydrogen-bond acceptors (Lipinski definition) is 2. The molecule has 2 unspecified atom stereocenters. The fourth-order valence-corrected chi connectivity index (χ4v) is 2.66. The summed E-state index contributed by atoms with van der Waals surface area (Å²) in [5.41, 5.74) is 1.40. The first-order valence-corrected chi connectivity index (χ1v) is 6.46. The predicted octanol–water partition coefficient (Wildman–Crippen LogP) is 2.01. The zero-order chi connectivity index (χ0) is 12.4. The number of nitrogens with one attached hydrogen (secondary N) is 1. The molecule has 0 bridgehead atoms. The summed E-state index contributed by atoms with van der Waals surface area (Å²) < 4.78 is 1.66. The van der Waals surface area contributed by atoms with Gasteiger partial charge in [0.1, 0.15) is 0 Å². The van der Waals surface area contributed by atoms with E-state index in [2.05, 4.69) is 10.4 Å². The number of alkyl halides is 1. The first kappa shape index (κ1) is 12.4. The molecular formula is C12H18ClN3O. The summed E-state index contributed by atoms with van der Waals surface area (Å²) in [6.07, 6.45) is 6.00. The van der Waals surface area contributed by atoms with Crippen molar-refractivity contribution in [2.24, 2.45) is 7.05 Å². The Balaban J connectivity index is 2.03. The van der Waals surface area contributed by atoms with Crippen molar-refractivity contribution in [2.75, 3.05) is 0 Å². The number of halogens is 1. The van der Waals surface area contributed by atoms with E-state index in [-0.39, 0.29) is 17.3 Å². The standard InChI is InChI=1S/C12H18ClN3O/c1-8-9(7-16(2)15-8)12(17)14-11-6-4-3-5-10(11)13/h7,10-11H,3-6H2,1-2H3,(H,14,17). The fraction of sp³-hybridized carbons (Fsp3) is 0.667. The number of carbonyl (C=O) groups is 1. The zero-order valence-electron chi connectivity index (χ0n) is 10.2. The Morgan fingerprint density at radius 3 is 2.82 bits per heavy atom. The van der Waals surface area contributed by atoms with E-state index in [0.29, 0.717) is 5.56 Å². The maximum Gasteiger partial charge on any atom is 0.255 e. The summed E-state index contributed by atoms with van der Waals surface area (Å²) in [4.78, 5) is 12.1. The van der Waals surface area contributed by atoms with Crippen LogP contribution in [0.25, 0.3) is 0 Å². The monoisotopic (exact) mass is 255 g/mol. The van der Waals surface area contributed by atoms with Crippen LogP contribution in [0.3, 0.4) is 0 Å². The lowest BCUT2D eigenvalue weighted by Gasteiger charge is -2.27. The Morgan fingerprint density at radius 2 is 2.24 bits per heavy atom. The molecule has 1 heterocycles. The molecule has 0 radical (unpaired) electrons. The Kier molecular flexibility index (Phi) is 3.72. The lowest BCUT2D eigenvalue weighted by molar-refractivity contribution is 0.0928. The van der Waals surface area contributed by atoms with Gasteiger partial charge in [0, 0.05) is 19.3 Å². The molecule has 2 rings (SSSR count). The van der Waals surface area contributed by atoms with Gasteiger partial charge in [-0.15, -0.1) is 11.6 Å². The number of carbonyl (C=O) groups excluding carboxylic acids is 1. The number of aromatic nitrogens is 2. The lowest BCUT2D eigenvalue weighted by atomic mass is 9.94. The van der Waals surface area contributed by atoms with Crippen LogP contribution in [-0.4, -0.2) is 27.1 Å². The lowest BCUT2D eigenvalue weighted by Crippen LogP contribution is -2.42. The van der Waals surface area contributed by atoms with Crippen molar-refractivity contribution in [1.29, 1.82) is 0 Å². The van der Waals surface area contributed by atoms with E-state index in [1.165, 1.54) is 0 Å². The van der Waals surface area contributed by atoms with E-state index in [0.717, 1.165) is 31.4 Å². The highest BCUT2D eigenvalue weighted by Crippen LogP contribution is 2.23. The van der Waals surface area contributed by atoms with Gasteiger partial charge >= 0.3 is 0 Å². The summed E-state index contributed by atoms with van der Waals surface area (Å²) in [6.45, 7) is 1.84. The summed E-state index contributed by atoms with van der Waals surface area (Å²) in [5, 5.41) is 7.24. The van der Waals surface area contributed by atoms with Gasteiger partial charge in [0.05, 0.1) is 16.6 Å². The average Bonchev–Trinajstić information content (AvgIpc) is 2.61. The molecule has 1 fully saturated rings. The second-order valence-electron chi connectivity index (χ2n) is 4.68. The van der Waals surface area contributed by atoms with Gasteiger partial charge in [0.2, 0.25) is 0 Å². The van der Waals surface area contributed by atoms with E-state index < -0.39 is 0 Å². The third kappa shape index (κ3) is 2.80. The Bertz CT molecular complexity index is 416. The smallest absolute Gasteiger partial charge is 0.255 e. The molecular weight excluding hydrogens is 238 g/mol. The molecule has 0 saturated heterocycles. The van der Waals surface area contributed by atoms with Gasteiger partial charge in [0.15, 0.2) is 0 Å². The molecule has 1 aliphatic carbocycles. The quantitative estimate of drug-likeness (QED) is 0.822. The average molecular weight is 256 g/mol. The van der Waals surface area contributed by atoms with E-state index in [4.69, 9.17) is 11.6 Å². The molecule has 1 aromatic heterocycles. The van der Waals surface area contributed by atoms with E-state index in [1.54, 1.807) is 10.9 Å². The van der Waals surface area contributed by atoms with Crippen molar-refractivity contribution in [3.8, 4) is 0 Å². The Morgan fingerprint density at radius 1 is 1.53 bits per heavy atom. The minimum absolute atomic E-state index is 0.0599. The highest BCUT2D eigenvalue weighted by Gasteiger charge is 2.25. The minimum Gasteiger partial charge on any atom is -0.348 e. The van der Waals surface area contributed by atoms with Crippen LogP contribution in [0, 0.1) is 6.92 Å². The second-order valence-corrected chi connectivity index (χ2v) is 5.24. The van der Waals surface area contributed by atoms with Crippen LogP contribution in [0.15, 0.2) is 6.20 Å². The van der Waals surface area contributed by atoms with Crippen molar-refractivity contribution in [3.05, 3.63) is 17.5 Å². The van der Waals surface area contributed by atoms with Gasteiger partial charge in [-0.1, -0.05) is 12.8 Å². The number of amides is 1. The summed E-state index contributed by atoms with van der Waals surface area (Å²) >= 11 is 6.22. The predicted molar refractivity (Wildman–Crippen MR) is 67.3 cm³/mol. The molecule has 0 aromatic carbocycles. The van der Waals surface area contributed by atoms with Crippen LogP contribution in [-0.2, 0) is 7.05 Å². The normalized spacial score (nSPS) is 24.6. The topological polar surface area (TPSA) is 46.9 Å². The molecule has 1 aliphatic rings. The van der Waals surface area contributed by atoms with E-state index in [1.807, 2.05) is 14.0 Å². The molecule has 17 heavy (non-hydrogen) atoms. The van der Waals surface area contributed by atoms with Crippen molar-refractivity contribution in [3.63, 3.8) is 0 Å². The van der Waals surface area contributed by atoms with Crippen molar-refractivity contribution < 1.29 is 4.79 Å². The van der Waals surface area contributed by atoms with Gasteiger partial charge in [-0.3, -0.25) is 9.48 Å². The Labute approximate surface area is 106 Å². The number of aryl methyl sites for hydroxylation is 2. The molecule has 1 N–H and O–H groups in total. The molecule has 1 aromatic rings. The molecule has 94 valence electrons. The van der Waals surface area contributed by atoms with Crippen LogP contribution in [0.1, 0.15) is 41.7 Å². The highest BCUT2D eigenvalue weighted by atomic mass is 35.5. The largest absolute Gasteiger partial charge is 0.348 e. The van der Waals surface area contributed by atoms with Crippen LogP contribution in [0.2, 0.25) is 0 Å². The first-order chi connectivity index (χ1) is 8.08. The number of hydrogen-bond donors (Lipinski definition) is 1. The van der Waals surface area contributed by atoms with Crippen molar-refractivity contribution >= 4 is 17.5 Å². The second kappa shape index (κ2) is 5.08. The molecule has 1 amide bonds. The summed E-state index contributed by atoms with van der Waals surface area (Å²) in [5.74, 6) is -0.0619. The Hall–Kier alpha value is -1.03. The zero-order valence-corrected chi connectivity index (χ0v) is 11.0. The fourth-order valence-electron chi connectivity index (χ4n) is 2.32. The van der Waals surface area contributed by atoms with Gasteiger partial charge in [0.25, 0.3) is 5.91 Å². The van der Waals surface area contributed by atoms with Crippen molar-refractivity contribution in [2.45, 2.75) is 44.0 Å². The van der Waals surface area contributed by atoms with Crippen LogP contribution in [0.4, 0.5) is 0 Å². The summed E-state index contributed by atoms with van der Waals surface area (Å²) in [6, 6.07) is 0.0949. The van der Waals surface area contributed by atoms with Gasteiger partial charge in [-0.05, 0) is 19.8 Å². The van der Waals surface area contributed by atoms with Gasteiger partial charge < -0.3 is 5.32 Å². The third-order valence-corrected chi connectivity index (χ3v) is 3.78. The van der Waals surface area contributed by atoms with E-state index >= 15 is 0 Å². The van der Waals surface area contributed by atoms with Crippen molar-refractivity contribution in [1.82, 2.24) is 15.1 Å².